The number of likely N-dealkylation sites (tertiary alicyclic amines) is 2. The highest BCUT2D eigenvalue weighted by atomic mass is 16.3. The Bertz CT molecular complexity index is 589. The van der Waals surface area contributed by atoms with Crippen LogP contribution in [-0.4, -0.2) is 58.4 Å². The lowest BCUT2D eigenvalue weighted by molar-refractivity contribution is -0.143. The summed E-state index contributed by atoms with van der Waals surface area (Å²) in [6, 6.07) is 3.03. The van der Waals surface area contributed by atoms with Crippen LogP contribution in [0, 0.1) is 5.41 Å². The maximum Gasteiger partial charge on any atom is 0.276 e. The van der Waals surface area contributed by atoms with Gasteiger partial charge in [0.05, 0.1) is 5.41 Å². The van der Waals surface area contributed by atoms with Crippen molar-refractivity contribution in [3.8, 4) is 5.75 Å². The SMILES string of the molecule is CN1CCC[C@]2(CCN(C(=O)c3ncccc3O)C2)C1=O. The van der Waals surface area contributed by atoms with Gasteiger partial charge in [0.15, 0.2) is 5.69 Å². The monoisotopic (exact) mass is 289 g/mol. The number of hydrogen-bond donors (Lipinski definition) is 1. The first-order valence-electron chi connectivity index (χ1n) is 7.22. The van der Waals surface area contributed by atoms with Crippen molar-refractivity contribution in [1.29, 1.82) is 0 Å². The molecule has 6 heteroatoms. The van der Waals surface area contributed by atoms with Gasteiger partial charge in [0.2, 0.25) is 5.91 Å². The van der Waals surface area contributed by atoms with E-state index in [-0.39, 0.29) is 23.3 Å². The van der Waals surface area contributed by atoms with Crippen LogP contribution in [0.2, 0.25) is 0 Å². The highest BCUT2D eigenvalue weighted by Crippen LogP contribution is 2.40. The van der Waals surface area contributed by atoms with Gasteiger partial charge < -0.3 is 14.9 Å². The van der Waals surface area contributed by atoms with E-state index >= 15 is 0 Å². The molecule has 2 amide bonds. The average Bonchev–Trinajstić information content (AvgIpc) is 2.90. The second-order valence-corrected chi connectivity index (χ2v) is 5.96. The van der Waals surface area contributed by atoms with Gasteiger partial charge in [-0.2, -0.15) is 0 Å². The Morgan fingerprint density at radius 1 is 1.38 bits per heavy atom. The predicted octanol–water partition coefficient (Wildman–Crippen LogP) is 0.872. The first kappa shape index (κ1) is 13.9. The number of aromatic hydroxyl groups is 1. The zero-order chi connectivity index (χ0) is 15.0. The summed E-state index contributed by atoms with van der Waals surface area (Å²) in [5.41, 5.74) is -0.376. The van der Waals surface area contributed by atoms with E-state index in [1.54, 1.807) is 15.9 Å². The molecule has 0 bridgehead atoms. The summed E-state index contributed by atoms with van der Waals surface area (Å²) >= 11 is 0. The zero-order valence-corrected chi connectivity index (χ0v) is 12.1. The molecular formula is C15H19N3O3. The fourth-order valence-electron chi connectivity index (χ4n) is 3.40. The topological polar surface area (TPSA) is 73.7 Å². The Morgan fingerprint density at radius 2 is 2.19 bits per heavy atom. The molecule has 3 heterocycles. The smallest absolute Gasteiger partial charge is 0.276 e. The molecule has 2 saturated heterocycles. The molecule has 2 aliphatic heterocycles. The number of carbonyl (C=O) groups is 2. The van der Waals surface area contributed by atoms with Gasteiger partial charge in [-0.1, -0.05) is 0 Å². The number of aromatic nitrogens is 1. The van der Waals surface area contributed by atoms with E-state index in [1.165, 1.54) is 12.3 Å². The van der Waals surface area contributed by atoms with Crippen molar-refractivity contribution in [1.82, 2.24) is 14.8 Å². The maximum atomic E-state index is 12.5. The van der Waals surface area contributed by atoms with Gasteiger partial charge in [-0.05, 0) is 31.4 Å². The van der Waals surface area contributed by atoms with Crippen LogP contribution in [0.4, 0.5) is 0 Å². The van der Waals surface area contributed by atoms with Gasteiger partial charge in [-0.3, -0.25) is 9.59 Å². The third kappa shape index (κ3) is 2.24. The second-order valence-electron chi connectivity index (χ2n) is 5.96. The van der Waals surface area contributed by atoms with Crippen LogP contribution >= 0.6 is 0 Å². The highest BCUT2D eigenvalue weighted by Gasteiger charge is 2.48. The standard InChI is InChI=1S/C15H19N3O3/c1-17-8-3-5-15(14(17)21)6-9-18(10-15)13(20)12-11(19)4-2-7-16-12/h2,4,7,19H,3,5-6,8-10H2,1H3/t15-/m1/s1. The van der Waals surface area contributed by atoms with Crippen LogP contribution in [0.3, 0.4) is 0 Å². The van der Waals surface area contributed by atoms with Crippen LogP contribution in [0.1, 0.15) is 29.8 Å². The Hall–Kier alpha value is -2.11. The zero-order valence-electron chi connectivity index (χ0n) is 12.1. The molecule has 0 unspecified atom stereocenters. The molecule has 1 N–H and O–H groups in total. The fraction of sp³-hybridized carbons (Fsp3) is 0.533. The quantitative estimate of drug-likeness (QED) is 0.832. The van der Waals surface area contributed by atoms with E-state index in [4.69, 9.17) is 0 Å². The molecular weight excluding hydrogens is 270 g/mol. The number of rotatable bonds is 1. The minimum atomic E-state index is -0.437. The number of carbonyl (C=O) groups excluding carboxylic acids is 2. The summed E-state index contributed by atoms with van der Waals surface area (Å²) in [4.78, 5) is 32.3. The van der Waals surface area contributed by atoms with Crippen molar-refractivity contribution in [2.24, 2.45) is 5.41 Å². The van der Waals surface area contributed by atoms with Gasteiger partial charge in [0.25, 0.3) is 5.91 Å². The normalized spacial score (nSPS) is 25.7. The van der Waals surface area contributed by atoms with Gasteiger partial charge in [0.1, 0.15) is 5.75 Å². The average molecular weight is 289 g/mol. The van der Waals surface area contributed by atoms with Crippen molar-refractivity contribution in [2.75, 3.05) is 26.7 Å². The molecule has 112 valence electrons. The number of hydrogen-bond acceptors (Lipinski definition) is 4. The first-order chi connectivity index (χ1) is 10.0. The lowest BCUT2D eigenvalue weighted by Crippen LogP contribution is -2.48. The van der Waals surface area contributed by atoms with Gasteiger partial charge in [-0.15, -0.1) is 0 Å². The predicted molar refractivity (Wildman–Crippen MR) is 75.7 cm³/mol. The Balaban J connectivity index is 1.80. The lowest BCUT2D eigenvalue weighted by atomic mass is 9.78. The summed E-state index contributed by atoms with van der Waals surface area (Å²) in [6.07, 6.45) is 3.97. The fourth-order valence-corrected chi connectivity index (χ4v) is 3.40. The largest absolute Gasteiger partial charge is 0.505 e. The van der Waals surface area contributed by atoms with Crippen molar-refractivity contribution in [2.45, 2.75) is 19.3 Å². The summed E-state index contributed by atoms with van der Waals surface area (Å²) in [6.45, 7) is 1.75. The molecule has 1 atom stereocenters. The Labute approximate surface area is 123 Å². The summed E-state index contributed by atoms with van der Waals surface area (Å²) in [5, 5.41) is 9.75. The van der Waals surface area contributed by atoms with E-state index in [0.717, 1.165) is 19.4 Å². The van der Waals surface area contributed by atoms with E-state index in [9.17, 15) is 14.7 Å². The molecule has 0 aromatic carbocycles. The van der Waals surface area contributed by atoms with Crippen LogP contribution < -0.4 is 0 Å². The van der Waals surface area contributed by atoms with Gasteiger partial charge >= 0.3 is 0 Å². The molecule has 1 aromatic heterocycles. The lowest BCUT2D eigenvalue weighted by Gasteiger charge is -2.37. The Morgan fingerprint density at radius 3 is 2.95 bits per heavy atom. The van der Waals surface area contributed by atoms with Crippen LogP contribution in [-0.2, 0) is 4.79 Å². The van der Waals surface area contributed by atoms with Crippen molar-refractivity contribution in [3.05, 3.63) is 24.0 Å². The number of pyridine rings is 1. The van der Waals surface area contributed by atoms with Gasteiger partial charge in [-0.25, -0.2) is 4.98 Å². The molecule has 2 fully saturated rings. The van der Waals surface area contributed by atoms with Crippen molar-refractivity contribution >= 4 is 11.8 Å². The molecule has 1 aromatic rings. The van der Waals surface area contributed by atoms with Crippen molar-refractivity contribution < 1.29 is 14.7 Å². The number of amides is 2. The molecule has 6 nitrogen and oxygen atoms in total. The molecule has 21 heavy (non-hydrogen) atoms. The molecule has 0 radical (unpaired) electrons. The van der Waals surface area contributed by atoms with Crippen molar-refractivity contribution in [3.63, 3.8) is 0 Å². The number of piperidine rings is 1. The van der Waals surface area contributed by atoms with Gasteiger partial charge in [0, 0.05) is 32.9 Å². The van der Waals surface area contributed by atoms with E-state index in [2.05, 4.69) is 4.98 Å². The molecule has 1 spiro atoms. The van der Waals surface area contributed by atoms with Crippen LogP contribution in [0.15, 0.2) is 18.3 Å². The molecule has 0 aliphatic carbocycles. The highest BCUT2D eigenvalue weighted by molar-refractivity contribution is 5.96. The summed E-state index contributed by atoms with van der Waals surface area (Å²) in [7, 11) is 1.82. The summed E-state index contributed by atoms with van der Waals surface area (Å²) < 4.78 is 0. The molecule has 3 rings (SSSR count). The molecule has 0 saturated carbocycles. The Kier molecular flexibility index (Phi) is 3.31. The van der Waals surface area contributed by atoms with E-state index in [0.29, 0.717) is 19.5 Å². The minimum absolute atomic E-state index is 0.0613. The van der Waals surface area contributed by atoms with Crippen LogP contribution in [0.25, 0.3) is 0 Å². The third-order valence-electron chi connectivity index (χ3n) is 4.58. The van der Waals surface area contributed by atoms with Crippen LogP contribution in [0.5, 0.6) is 5.75 Å². The van der Waals surface area contributed by atoms with E-state index < -0.39 is 5.41 Å². The first-order valence-corrected chi connectivity index (χ1v) is 7.22. The summed E-state index contributed by atoms with van der Waals surface area (Å²) in [5.74, 6) is -0.282. The maximum absolute atomic E-state index is 12.5. The molecule has 2 aliphatic rings. The third-order valence-corrected chi connectivity index (χ3v) is 4.58. The minimum Gasteiger partial charge on any atom is -0.505 e. The second kappa shape index (κ2) is 5.02. The number of nitrogens with zero attached hydrogens (tertiary/aromatic N) is 3. The van der Waals surface area contributed by atoms with E-state index in [1.807, 2.05) is 7.05 Å².